The molecule has 0 spiro atoms. The zero-order valence-corrected chi connectivity index (χ0v) is 17.4. The van der Waals surface area contributed by atoms with Gasteiger partial charge in [0.15, 0.2) is 11.4 Å². The fourth-order valence-electron chi connectivity index (χ4n) is 4.05. The van der Waals surface area contributed by atoms with Crippen LogP contribution in [0.25, 0.3) is 11.0 Å². The van der Waals surface area contributed by atoms with E-state index in [0.717, 1.165) is 11.3 Å². The summed E-state index contributed by atoms with van der Waals surface area (Å²) in [6.07, 6.45) is 3.87. The van der Waals surface area contributed by atoms with Crippen LogP contribution in [-0.2, 0) is 13.6 Å². The van der Waals surface area contributed by atoms with Gasteiger partial charge in [-0.3, -0.25) is 18.7 Å². The molecule has 30 heavy (non-hydrogen) atoms. The number of fused-ring (bicyclic) bond motifs is 1. The molecule has 1 saturated heterocycles. The minimum absolute atomic E-state index is 0.136. The summed E-state index contributed by atoms with van der Waals surface area (Å²) < 4.78 is 7.94. The predicted molar refractivity (Wildman–Crippen MR) is 113 cm³/mol. The van der Waals surface area contributed by atoms with E-state index in [1.165, 1.54) is 15.4 Å². The second-order valence-electron chi connectivity index (χ2n) is 7.54. The minimum atomic E-state index is -0.356. The van der Waals surface area contributed by atoms with Gasteiger partial charge in [-0.2, -0.15) is 0 Å². The lowest BCUT2D eigenvalue weighted by molar-refractivity contribution is 0.0715. The summed E-state index contributed by atoms with van der Waals surface area (Å²) >= 11 is 0. The number of pyridine rings is 1. The quantitative estimate of drug-likeness (QED) is 0.644. The molecule has 3 aromatic heterocycles. The van der Waals surface area contributed by atoms with Gasteiger partial charge >= 0.3 is 5.69 Å². The van der Waals surface area contributed by atoms with Crippen molar-refractivity contribution in [2.24, 2.45) is 7.05 Å². The molecule has 3 aromatic rings. The lowest BCUT2D eigenvalue weighted by atomic mass is 10.1. The summed E-state index contributed by atoms with van der Waals surface area (Å²) in [4.78, 5) is 46.6. The molecule has 0 radical (unpaired) electrons. The number of amides is 1. The first-order valence-electron chi connectivity index (χ1n) is 10.1. The molecule has 0 saturated carbocycles. The molecule has 0 aromatic carbocycles. The van der Waals surface area contributed by atoms with E-state index in [1.54, 1.807) is 30.3 Å². The van der Waals surface area contributed by atoms with Crippen molar-refractivity contribution in [1.29, 1.82) is 0 Å². The normalized spacial score (nSPS) is 14.5. The number of hydrogen-bond acceptors (Lipinski definition) is 6. The predicted octanol–water partition coefficient (Wildman–Crippen LogP) is 1.37. The number of carbonyl (C=O) groups is 1. The van der Waals surface area contributed by atoms with Crippen molar-refractivity contribution in [3.63, 3.8) is 0 Å². The average molecular weight is 411 g/mol. The highest BCUT2D eigenvalue weighted by Crippen LogP contribution is 2.27. The summed E-state index contributed by atoms with van der Waals surface area (Å²) in [5.74, 6) is 0.190. The highest BCUT2D eigenvalue weighted by molar-refractivity contribution is 5.92. The van der Waals surface area contributed by atoms with Gasteiger partial charge in [-0.15, -0.1) is 0 Å². The monoisotopic (exact) mass is 411 g/mol. The number of nitrogens with zero attached hydrogens (tertiary/aromatic N) is 5. The Morgan fingerprint density at radius 2 is 1.93 bits per heavy atom. The van der Waals surface area contributed by atoms with E-state index in [0.29, 0.717) is 55.9 Å². The minimum Gasteiger partial charge on any atom is -0.459 e. The van der Waals surface area contributed by atoms with Crippen molar-refractivity contribution in [3.05, 3.63) is 56.8 Å². The Morgan fingerprint density at radius 1 is 1.20 bits per heavy atom. The van der Waals surface area contributed by atoms with Crippen LogP contribution in [0.2, 0.25) is 0 Å². The van der Waals surface area contributed by atoms with Gasteiger partial charge in [0.2, 0.25) is 0 Å². The molecule has 1 amide bonds. The summed E-state index contributed by atoms with van der Waals surface area (Å²) in [7, 11) is 1.64. The number of aryl methyl sites for hydroxylation is 2. The molecule has 1 aliphatic heterocycles. The molecule has 9 heteroatoms. The van der Waals surface area contributed by atoms with Gasteiger partial charge in [0.1, 0.15) is 5.39 Å². The van der Waals surface area contributed by atoms with Crippen LogP contribution in [0.15, 0.2) is 38.6 Å². The summed E-state index contributed by atoms with van der Waals surface area (Å²) in [6, 6.07) is 3.35. The van der Waals surface area contributed by atoms with Crippen LogP contribution in [0.4, 0.5) is 5.69 Å². The van der Waals surface area contributed by atoms with Crippen LogP contribution >= 0.6 is 0 Å². The third-order valence-corrected chi connectivity index (χ3v) is 5.57. The maximum Gasteiger partial charge on any atom is 0.332 e. The second kappa shape index (κ2) is 7.81. The van der Waals surface area contributed by atoms with Gasteiger partial charge in [-0.25, -0.2) is 9.78 Å². The molecule has 4 heterocycles. The zero-order chi connectivity index (χ0) is 21.4. The summed E-state index contributed by atoms with van der Waals surface area (Å²) in [5.41, 5.74) is 1.37. The Labute approximate surface area is 173 Å². The SMILES string of the molecule is CCCn1c(=O)c2c(N3CCN(C(=O)c4ccco4)CC3)c(C)cnc2n(C)c1=O. The van der Waals surface area contributed by atoms with Crippen LogP contribution in [0.3, 0.4) is 0 Å². The third-order valence-electron chi connectivity index (χ3n) is 5.57. The van der Waals surface area contributed by atoms with Crippen molar-refractivity contribution in [2.45, 2.75) is 26.8 Å². The van der Waals surface area contributed by atoms with Crippen molar-refractivity contribution in [2.75, 3.05) is 31.1 Å². The molecule has 0 bridgehead atoms. The lowest BCUT2D eigenvalue weighted by Gasteiger charge is -2.36. The number of anilines is 1. The Balaban J connectivity index is 1.73. The van der Waals surface area contributed by atoms with Crippen LogP contribution in [-0.4, -0.2) is 51.1 Å². The van der Waals surface area contributed by atoms with Gasteiger partial charge in [0, 0.05) is 46.0 Å². The summed E-state index contributed by atoms with van der Waals surface area (Å²) in [5, 5.41) is 0.455. The maximum absolute atomic E-state index is 13.2. The number of furan rings is 1. The standard InChI is InChI=1S/C21H25N5O4/c1-4-7-26-20(28)16-17(14(2)13-22-18(16)23(3)21(26)29)24-8-10-25(11-9-24)19(27)15-6-5-12-30-15/h5-6,12-13H,4,7-11H2,1-3H3. The van der Waals surface area contributed by atoms with Crippen LogP contribution < -0.4 is 16.1 Å². The Kier molecular flexibility index (Phi) is 5.19. The first kappa shape index (κ1) is 19.9. The molecule has 4 rings (SSSR count). The molecule has 0 unspecified atom stereocenters. The van der Waals surface area contributed by atoms with E-state index in [2.05, 4.69) is 9.88 Å². The van der Waals surface area contributed by atoms with Crippen LogP contribution in [0, 0.1) is 6.92 Å². The zero-order valence-electron chi connectivity index (χ0n) is 17.4. The van der Waals surface area contributed by atoms with Gasteiger partial charge in [-0.05, 0) is 31.0 Å². The number of piperazine rings is 1. The highest BCUT2D eigenvalue weighted by atomic mass is 16.3. The molecule has 1 aliphatic rings. The molecule has 9 nitrogen and oxygen atoms in total. The van der Waals surface area contributed by atoms with Crippen molar-refractivity contribution in [1.82, 2.24) is 19.0 Å². The van der Waals surface area contributed by atoms with Crippen LogP contribution in [0.5, 0.6) is 0 Å². The molecular weight excluding hydrogens is 386 g/mol. The first-order chi connectivity index (χ1) is 14.4. The second-order valence-corrected chi connectivity index (χ2v) is 7.54. The van der Waals surface area contributed by atoms with E-state index < -0.39 is 0 Å². The molecule has 0 aliphatic carbocycles. The van der Waals surface area contributed by atoms with Gasteiger partial charge in [-0.1, -0.05) is 6.92 Å². The number of hydrogen-bond donors (Lipinski definition) is 0. The molecule has 1 fully saturated rings. The first-order valence-corrected chi connectivity index (χ1v) is 10.1. The Bertz CT molecular complexity index is 1200. The maximum atomic E-state index is 13.2. The largest absolute Gasteiger partial charge is 0.459 e. The molecular formula is C21H25N5O4. The number of aromatic nitrogens is 3. The summed E-state index contributed by atoms with van der Waals surface area (Å²) in [6.45, 7) is 6.37. The van der Waals surface area contributed by atoms with Gasteiger partial charge in [0.05, 0.1) is 12.0 Å². The highest BCUT2D eigenvalue weighted by Gasteiger charge is 2.27. The van der Waals surface area contributed by atoms with E-state index in [1.807, 2.05) is 13.8 Å². The van der Waals surface area contributed by atoms with Gasteiger partial charge in [0.25, 0.3) is 11.5 Å². The van der Waals surface area contributed by atoms with Crippen molar-refractivity contribution < 1.29 is 9.21 Å². The van der Waals surface area contributed by atoms with E-state index in [4.69, 9.17) is 4.42 Å². The Hall–Kier alpha value is -3.36. The van der Waals surface area contributed by atoms with Crippen LogP contribution in [0.1, 0.15) is 29.5 Å². The molecule has 158 valence electrons. The third kappa shape index (κ3) is 3.20. The van der Waals surface area contributed by atoms with E-state index >= 15 is 0 Å². The fraction of sp³-hybridized carbons (Fsp3) is 0.429. The van der Waals surface area contributed by atoms with Gasteiger partial charge < -0.3 is 14.2 Å². The van der Waals surface area contributed by atoms with E-state index in [9.17, 15) is 14.4 Å². The smallest absolute Gasteiger partial charge is 0.332 e. The lowest BCUT2D eigenvalue weighted by Crippen LogP contribution is -2.49. The topological polar surface area (TPSA) is 93.6 Å². The van der Waals surface area contributed by atoms with E-state index in [-0.39, 0.29) is 17.2 Å². The average Bonchev–Trinajstić information content (AvgIpc) is 3.29. The number of rotatable bonds is 4. The molecule has 0 N–H and O–H groups in total. The fourth-order valence-corrected chi connectivity index (χ4v) is 4.05. The van der Waals surface area contributed by atoms with Crippen molar-refractivity contribution >= 4 is 22.6 Å². The van der Waals surface area contributed by atoms with Crippen molar-refractivity contribution in [3.8, 4) is 0 Å². The number of carbonyl (C=O) groups excluding carboxylic acids is 1. The Morgan fingerprint density at radius 3 is 2.57 bits per heavy atom. The molecule has 0 atom stereocenters.